The van der Waals surface area contributed by atoms with Gasteiger partial charge in [-0.2, -0.15) is 0 Å². The molecule has 0 aromatic heterocycles. The van der Waals surface area contributed by atoms with Crippen LogP contribution < -0.4 is 14.8 Å². The first-order chi connectivity index (χ1) is 12.3. The lowest BCUT2D eigenvalue weighted by atomic mass is 10.0. The summed E-state index contributed by atoms with van der Waals surface area (Å²) in [5.74, 6) is 1.45. The summed E-state index contributed by atoms with van der Waals surface area (Å²) in [5, 5.41) is 3.09. The van der Waals surface area contributed by atoms with Gasteiger partial charge < -0.3 is 14.8 Å². The number of benzene rings is 2. The molecule has 1 N–H and O–H groups in total. The van der Waals surface area contributed by atoms with Gasteiger partial charge in [-0.3, -0.25) is 4.79 Å². The first-order valence-electron chi connectivity index (χ1n) is 9.04. The number of carbonyl (C=O) groups is 1. The van der Waals surface area contributed by atoms with Gasteiger partial charge in [-0.1, -0.05) is 25.1 Å². The van der Waals surface area contributed by atoms with Crippen molar-refractivity contribution < 1.29 is 14.3 Å². The molecular formula is C22H29NO3. The Kier molecular flexibility index (Phi) is 6.67. The largest absolute Gasteiger partial charge is 0.496 e. The molecule has 4 nitrogen and oxygen atoms in total. The lowest BCUT2D eigenvalue weighted by Gasteiger charge is -2.22. The smallest absolute Gasteiger partial charge is 0.261 e. The van der Waals surface area contributed by atoms with Crippen LogP contribution in [0, 0.1) is 20.8 Å². The van der Waals surface area contributed by atoms with Gasteiger partial charge in [0.25, 0.3) is 5.91 Å². The van der Waals surface area contributed by atoms with E-state index in [1.54, 1.807) is 14.0 Å². The number of ether oxygens (including phenoxy) is 2. The van der Waals surface area contributed by atoms with Crippen LogP contribution in [0.4, 0.5) is 0 Å². The van der Waals surface area contributed by atoms with Crippen molar-refractivity contribution in [3.05, 3.63) is 58.7 Å². The van der Waals surface area contributed by atoms with Crippen LogP contribution in [-0.4, -0.2) is 19.1 Å². The number of hydrogen-bond donors (Lipinski definition) is 1. The van der Waals surface area contributed by atoms with Crippen LogP contribution in [-0.2, 0) is 4.79 Å². The number of aryl methyl sites for hydroxylation is 3. The normalized spacial score (nSPS) is 13.0. The van der Waals surface area contributed by atoms with E-state index >= 15 is 0 Å². The van der Waals surface area contributed by atoms with Gasteiger partial charge in [-0.05, 0) is 74.6 Å². The van der Waals surface area contributed by atoms with Crippen LogP contribution in [0.2, 0.25) is 0 Å². The van der Waals surface area contributed by atoms with Crippen LogP contribution >= 0.6 is 0 Å². The van der Waals surface area contributed by atoms with Gasteiger partial charge in [0.15, 0.2) is 6.10 Å². The van der Waals surface area contributed by atoms with Gasteiger partial charge >= 0.3 is 0 Å². The molecule has 0 aliphatic carbocycles. The molecule has 0 unspecified atom stereocenters. The molecule has 0 saturated heterocycles. The molecule has 0 spiro atoms. The molecule has 1 amide bonds. The van der Waals surface area contributed by atoms with Crippen LogP contribution in [0.1, 0.15) is 48.6 Å². The SMILES string of the molecule is CC[C@H](NC(=O)[C@@H](C)Oc1cc(C)cc(C)c1)c1ccc(OC)c(C)c1. The predicted molar refractivity (Wildman–Crippen MR) is 105 cm³/mol. The fourth-order valence-corrected chi connectivity index (χ4v) is 3.09. The molecule has 0 bridgehead atoms. The van der Waals surface area contributed by atoms with E-state index in [9.17, 15) is 4.79 Å². The van der Waals surface area contributed by atoms with E-state index in [1.165, 1.54) is 0 Å². The van der Waals surface area contributed by atoms with Gasteiger partial charge in [0.05, 0.1) is 13.2 Å². The van der Waals surface area contributed by atoms with Crippen molar-refractivity contribution in [2.45, 2.75) is 53.2 Å². The third-order valence-electron chi connectivity index (χ3n) is 4.42. The molecule has 2 rings (SSSR count). The van der Waals surface area contributed by atoms with E-state index in [0.717, 1.165) is 40.2 Å². The Morgan fingerprint density at radius 1 is 1.08 bits per heavy atom. The van der Waals surface area contributed by atoms with Gasteiger partial charge in [0.1, 0.15) is 11.5 Å². The minimum absolute atomic E-state index is 0.0580. The average Bonchev–Trinajstić information content (AvgIpc) is 2.58. The predicted octanol–water partition coefficient (Wildman–Crippen LogP) is 4.66. The van der Waals surface area contributed by atoms with E-state index < -0.39 is 6.10 Å². The third kappa shape index (κ3) is 5.01. The van der Waals surface area contributed by atoms with Crippen LogP contribution in [0.3, 0.4) is 0 Å². The summed E-state index contributed by atoms with van der Waals surface area (Å²) in [7, 11) is 1.66. The van der Waals surface area contributed by atoms with Crippen molar-refractivity contribution in [1.82, 2.24) is 5.32 Å². The number of carbonyl (C=O) groups excluding carboxylic acids is 1. The Labute approximate surface area is 156 Å². The number of methoxy groups -OCH3 is 1. The zero-order chi connectivity index (χ0) is 19.3. The summed E-state index contributed by atoms with van der Waals surface area (Å²) in [6, 6.07) is 11.9. The van der Waals surface area contributed by atoms with Crippen molar-refractivity contribution in [2.75, 3.05) is 7.11 Å². The van der Waals surface area contributed by atoms with E-state index in [-0.39, 0.29) is 11.9 Å². The maximum atomic E-state index is 12.6. The Bertz CT molecular complexity index is 750. The maximum Gasteiger partial charge on any atom is 0.261 e. The lowest BCUT2D eigenvalue weighted by molar-refractivity contribution is -0.128. The molecule has 2 atom stereocenters. The highest BCUT2D eigenvalue weighted by Gasteiger charge is 2.20. The molecule has 2 aromatic rings. The Hall–Kier alpha value is -2.49. The molecule has 0 radical (unpaired) electrons. The molecule has 0 aliphatic heterocycles. The number of amides is 1. The molecule has 4 heteroatoms. The van der Waals surface area contributed by atoms with Crippen molar-refractivity contribution >= 4 is 5.91 Å². The summed E-state index contributed by atoms with van der Waals surface area (Å²) in [4.78, 5) is 12.6. The Morgan fingerprint density at radius 3 is 2.27 bits per heavy atom. The van der Waals surface area contributed by atoms with Crippen molar-refractivity contribution in [1.29, 1.82) is 0 Å². The van der Waals surface area contributed by atoms with E-state index in [0.29, 0.717) is 0 Å². The molecule has 0 saturated carbocycles. The first-order valence-corrected chi connectivity index (χ1v) is 9.04. The highest BCUT2D eigenvalue weighted by atomic mass is 16.5. The summed E-state index contributed by atoms with van der Waals surface area (Å²) < 4.78 is 11.2. The lowest BCUT2D eigenvalue weighted by Crippen LogP contribution is -2.38. The fraction of sp³-hybridized carbons (Fsp3) is 0.409. The molecule has 26 heavy (non-hydrogen) atoms. The Balaban J connectivity index is 2.07. The maximum absolute atomic E-state index is 12.6. The molecule has 0 heterocycles. The quantitative estimate of drug-likeness (QED) is 0.786. The van der Waals surface area contributed by atoms with E-state index in [1.807, 2.05) is 45.0 Å². The van der Waals surface area contributed by atoms with Crippen LogP contribution in [0.15, 0.2) is 36.4 Å². The van der Waals surface area contributed by atoms with E-state index in [2.05, 4.69) is 24.4 Å². The molecule has 2 aromatic carbocycles. The molecular weight excluding hydrogens is 326 g/mol. The van der Waals surface area contributed by atoms with Crippen LogP contribution in [0.5, 0.6) is 11.5 Å². The zero-order valence-corrected chi connectivity index (χ0v) is 16.6. The monoisotopic (exact) mass is 355 g/mol. The minimum atomic E-state index is -0.565. The van der Waals surface area contributed by atoms with Gasteiger partial charge in [0, 0.05) is 0 Å². The zero-order valence-electron chi connectivity index (χ0n) is 16.6. The topological polar surface area (TPSA) is 47.6 Å². The van der Waals surface area contributed by atoms with Gasteiger partial charge in [-0.25, -0.2) is 0 Å². The number of hydrogen-bond acceptors (Lipinski definition) is 3. The summed E-state index contributed by atoms with van der Waals surface area (Å²) in [6.45, 7) is 9.87. The highest BCUT2D eigenvalue weighted by molar-refractivity contribution is 5.81. The van der Waals surface area contributed by atoms with Gasteiger partial charge in [0.2, 0.25) is 0 Å². The second-order valence-corrected chi connectivity index (χ2v) is 6.78. The van der Waals surface area contributed by atoms with Crippen molar-refractivity contribution in [3.63, 3.8) is 0 Å². The fourth-order valence-electron chi connectivity index (χ4n) is 3.09. The van der Waals surface area contributed by atoms with Gasteiger partial charge in [-0.15, -0.1) is 0 Å². The number of rotatable bonds is 7. The van der Waals surface area contributed by atoms with Crippen molar-refractivity contribution in [2.24, 2.45) is 0 Å². The Morgan fingerprint density at radius 2 is 1.73 bits per heavy atom. The second kappa shape index (κ2) is 8.75. The summed E-state index contributed by atoms with van der Waals surface area (Å²) >= 11 is 0. The molecule has 140 valence electrons. The standard InChI is InChI=1S/C22H29NO3/c1-7-20(18-8-9-21(25-6)16(4)13-18)23-22(24)17(5)26-19-11-14(2)10-15(3)12-19/h8-13,17,20H,7H2,1-6H3,(H,23,24)/t17-,20+/m1/s1. The van der Waals surface area contributed by atoms with Crippen molar-refractivity contribution in [3.8, 4) is 11.5 Å². The minimum Gasteiger partial charge on any atom is -0.496 e. The van der Waals surface area contributed by atoms with E-state index in [4.69, 9.17) is 9.47 Å². The van der Waals surface area contributed by atoms with Crippen LogP contribution in [0.25, 0.3) is 0 Å². The summed E-state index contributed by atoms with van der Waals surface area (Å²) in [6.07, 6.45) is 0.234. The molecule has 0 fully saturated rings. The summed E-state index contributed by atoms with van der Waals surface area (Å²) in [5.41, 5.74) is 4.36. The molecule has 0 aliphatic rings. The highest BCUT2D eigenvalue weighted by Crippen LogP contribution is 2.24. The number of nitrogens with one attached hydrogen (secondary N) is 1. The second-order valence-electron chi connectivity index (χ2n) is 6.78. The average molecular weight is 355 g/mol. The first kappa shape index (κ1) is 19.8. The third-order valence-corrected chi connectivity index (χ3v) is 4.42.